The first kappa shape index (κ1) is 18.3. The molecular formula is C17H14FN4O5P. The Balaban J connectivity index is 1.86. The zero-order chi connectivity index (χ0) is 20.1. The number of nitrogens with one attached hydrogen (secondary N) is 1. The van der Waals surface area contributed by atoms with E-state index in [1.807, 2.05) is 0 Å². The van der Waals surface area contributed by atoms with Gasteiger partial charge in [0.25, 0.3) is 0 Å². The largest absolute Gasteiger partial charge is 0.481 e. The van der Waals surface area contributed by atoms with Crippen LogP contribution in [-0.4, -0.2) is 36.4 Å². The summed E-state index contributed by atoms with van der Waals surface area (Å²) in [5.41, 5.74) is 1.33. The number of rotatable bonds is 4. The molecule has 4 rings (SSSR count). The molecule has 0 bridgehead atoms. The van der Waals surface area contributed by atoms with Crippen molar-refractivity contribution in [2.24, 2.45) is 0 Å². The van der Waals surface area contributed by atoms with E-state index in [-0.39, 0.29) is 6.54 Å². The van der Waals surface area contributed by atoms with Gasteiger partial charge in [-0.3, -0.25) is 9.13 Å². The fraction of sp³-hybridized carbons (Fsp3) is 0.118. The van der Waals surface area contributed by atoms with Gasteiger partial charge in [0.2, 0.25) is 5.88 Å². The number of ether oxygens (including phenoxy) is 1. The van der Waals surface area contributed by atoms with Crippen LogP contribution in [-0.2, 0) is 11.1 Å². The molecule has 0 atom stereocenters. The number of pyridine rings is 2. The summed E-state index contributed by atoms with van der Waals surface area (Å²) >= 11 is 0. The molecule has 1 aromatic carbocycles. The predicted octanol–water partition coefficient (Wildman–Crippen LogP) is 1.27. The summed E-state index contributed by atoms with van der Waals surface area (Å²) in [4.78, 5) is 41.9. The van der Waals surface area contributed by atoms with E-state index in [1.54, 1.807) is 12.1 Å². The summed E-state index contributed by atoms with van der Waals surface area (Å²) in [6, 6.07) is 6.76. The molecule has 0 amide bonds. The summed E-state index contributed by atoms with van der Waals surface area (Å²) < 4.78 is 31.9. The number of hydrogen-bond donors (Lipinski definition) is 3. The number of H-pyrrole nitrogens is 1. The molecule has 0 aliphatic rings. The molecule has 0 radical (unpaired) electrons. The molecule has 144 valence electrons. The fourth-order valence-electron chi connectivity index (χ4n) is 3.04. The molecular weight excluding hydrogens is 390 g/mol. The van der Waals surface area contributed by atoms with Crippen LogP contribution >= 0.6 is 7.60 Å². The molecule has 0 fully saturated rings. The second kappa shape index (κ2) is 6.52. The molecule has 0 saturated carbocycles. The Morgan fingerprint density at radius 2 is 2.07 bits per heavy atom. The molecule has 28 heavy (non-hydrogen) atoms. The Morgan fingerprint density at radius 1 is 1.29 bits per heavy atom. The monoisotopic (exact) mass is 404 g/mol. The van der Waals surface area contributed by atoms with E-state index in [0.717, 1.165) is 12.1 Å². The number of fused-ring (bicyclic) bond motifs is 3. The lowest BCUT2D eigenvalue weighted by Gasteiger charge is -2.09. The molecule has 3 N–H and O–H groups in total. The van der Waals surface area contributed by atoms with Crippen molar-refractivity contribution in [3.05, 3.63) is 58.4 Å². The average Bonchev–Trinajstić information content (AvgIpc) is 2.96. The van der Waals surface area contributed by atoms with Gasteiger partial charge in [0, 0.05) is 11.5 Å². The Bertz CT molecular complexity index is 1330. The quantitative estimate of drug-likeness (QED) is 0.437. The van der Waals surface area contributed by atoms with Gasteiger partial charge in [-0.15, -0.1) is 0 Å². The van der Waals surface area contributed by atoms with E-state index in [0.29, 0.717) is 33.5 Å². The number of imidazole rings is 1. The predicted molar refractivity (Wildman–Crippen MR) is 99.4 cm³/mol. The fourth-order valence-corrected chi connectivity index (χ4v) is 3.66. The lowest BCUT2D eigenvalue weighted by atomic mass is 10.2. The van der Waals surface area contributed by atoms with Gasteiger partial charge in [-0.1, -0.05) is 6.07 Å². The van der Waals surface area contributed by atoms with E-state index in [4.69, 9.17) is 14.5 Å². The van der Waals surface area contributed by atoms with Crippen LogP contribution in [0.5, 0.6) is 5.88 Å². The van der Waals surface area contributed by atoms with Gasteiger partial charge in [0.15, 0.2) is 5.65 Å². The Labute approximate surface area is 156 Å². The Hall–Kier alpha value is -3.07. The van der Waals surface area contributed by atoms with Gasteiger partial charge in [-0.2, -0.15) is 4.98 Å². The second-order valence-corrected chi connectivity index (χ2v) is 7.66. The standard InChI is InChI=1S/C17H14FN4O5P/c1-27-14-5-3-10-15-12(7-19-16(10)21-14)20-17(23)22(15)8-9-2-4-13(11(18)6-9)28(24,25)26/h2-7H,8H2,1H3,(H,20,23)(H2,24,25,26). The van der Waals surface area contributed by atoms with Crippen molar-refractivity contribution < 1.29 is 23.5 Å². The van der Waals surface area contributed by atoms with Crippen LogP contribution in [0.15, 0.2) is 41.3 Å². The number of nitrogens with zero attached hydrogens (tertiary/aromatic N) is 3. The molecule has 0 saturated heterocycles. The Morgan fingerprint density at radius 3 is 2.75 bits per heavy atom. The van der Waals surface area contributed by atoms with E-state index in [1.165, 1.54) is 23.9 Å². The lowest BCUT2D eigenvalue weighted by molar-refractivity contribution is 0.385. The van der Waals surface area contributed by atoms with Crippen LogP contribution in [0, 0.1) is 5.82 Å². The summed E-state index contributed by atoms with van der Waals surface area (Å²) in [6.07, 6.45) is 1.47. The first-order valence-electron chi connectivity index (χ1n) is 8.05. The van der Waals surface area contributed by atoms with Crippen LogP contribution in [0.3, 0.4) is 0 Å². The van der Waals surface area contributed by atoms with E-state index in [2.05, 4.69) is 15.0 Å². The number of benzene rings is 1. The van der Waals surface area contributed by atoms with Crippen molar-refractivity contribution in [3.63, 3.8) is 0 Å². The van der Waals surface area contributed by atoms with E-state index < -0.39 is 24.4 Å². The molecule has 3 aromatic heterocycles. The third-order valence-electron chi connectivity index (χ3n) is 4.31. The average molecular weight is 404 g/mol. The number of aromatic amines is 1. The molecule has 11 heteroatoms. The molecule has 0 aliphatic heterocycles. The minimum absolute atomic E-state index is 0.0116. The summed E-state index contributed by atoms with van der Waals surface area (Å²) in [7, 11) is -3.23. The topological polar surface area (TPSA) is 130 Å². The van der Waals surface area contributed by atoms with Crippen LogP contribution in [0.25, 0.3) is 22.1 Å². The highest BCUT2D eigenvalue weighted by Crippen LogP contribution is 2.34. The molecule has 4 aromatic rings. The number of aromatic nitrogens is 4. The first-order valence-corrected chi connectivity index (χ1v) is 9.66. The molecule has 0 spiro atoms. The Kier molecular flexibility index (Phi) is 4.26. The van der Waals surface area contributed by atoms with Gasteiger partial charge in [-0.05, 0) is 23.8 Å². The highest BCUT2D eigenvalue weighted by molar-refractivity contribution is 7.60. The van der Waals surface area contributed by atoms with Crippen molar-refractivity contribution >= 4 is 35.0 Å². The van der Waals surface area contributed by atoms with Crippen molar-refractivity contribution in [1.29, 1.82) is 0 Å². The summed E-state index contributed by atoms with van der Waals surface area (Å²) in [6.45, 7) is -0.0116. The molecule has 3 heterocycles. The normalized spacial score (nSPS) is 12.0. The van der Waals surface area contributed by atoms with Crippen molar-refractivity contribution in [1.82, 2.24) is 19.5 Å². The number of halogens is 1. The van der Waals surface area contributed by atoms with E-state index in [9.17, 15) is 13.8 Å². The smallest absolute Gasteiger partial charge is 0.359 e. The third kappa shape index (κ3) is 3.07. The number of methoxy groups -OCH3 is 1. The molecule has 0 unspecified atom stereocenters. The number of hydrogen-bond acceptors (Lipinski definition) is 5. The maximum absolute atomic E-state index is 14.1. The molecule has 0 aliphatic carbocycles. The van der Waals surface area contributed by atoms with Gasteiger partial charge in [0.1, 0.15) is 5.82 Å². The van der Waals surface area contributed by atoms with Crippen LogP contribution in [0.4, 0.5) is 4.39 Å². The zero-order valence-electron chi connectivity index (χ0n) is 14.5. The molecule has 9 nitrogen and oxygen atoms in total. The first-order chi connectivity index (χ1) is 13.3. The summed E-state index contributed by atoms with van der Waals surface area (Å²) in [5, 5.41) is -0.0857. The van der Waals surface area contributed by atoms with Crippen molar-refractivity contribution in [2.75, 3.05) is 7.11 Å². The van der Waals surface area contributed by atoms with E-state index >= 15 is 0 Å². The minimum atomic E-state index is -4.71. The van der Waals surface area contributed by atoms with Gasteiger partial charge in [-0.25, -0.2) is 14.2 Å². The van der Waals surface area contributed by atoms with Gasteiger partial charge >= 0.3 is 13.3 Å². The van der Waals surface area contributed by atoms with Crippen molar-refractivity contribution in [3.8, 4) is 5.88 Å². The van der Waals surface area contributed by atoms with Gasteiger partial charge < -0.3 is 19.5 Å². The third-order valence-corrected chi connectivity index (χ3v) is 5.30. The highest BCUT2D eigenvalue weighted by Gasteiger charge is 2.22. The maximum Gasteiger partial charge on any atom is 0.359 e. The maximum atomic E-state index is 14.1. The SMILES string of the molecule is COc1ccc2c(ncc3[nH]c(=O)n(Cc4ccc(P(=O)(O)O)c(F)c4)c32)n1. The second-order valence-electron chi connectivity index (χ2n) is 6.09. The minimum Gasteiger partial charge on any atom is -0.481 e. The van der Waals surface area contributed by atoms with Crippen molar-refractivity contribution in [2.45, 2.75) is 6.54 Å². The van der Waals surface area contributed by atoms with Crippen LogP contribution < -0.4 is 15.7 Å². The highest BCUT2D eigenvalue weighted by atomic mass is 31.2. The zero-order valence-corrected chi connectivity index (χ0v) is 15.4. The lowest BCUT2D eigenvalue weighted by Crippen LogP contribution is -2.18. The summed E-state index contributed by atoms with van der Waals surface area (Å²) in [5.74, 6) is -0.657. The van der Waals surface area contributed by atoms with Crippen LogP contribution in [0.2, 0.25) is 0 Å². The van der Waals surface area contributed by atoms with Crippen LogP contribution in [0.1, 0.15) is 5.56 Å². The van der Waals surface area contributed by atoms with Gasteiger partial charge in [0.05, 0.1) is 36.2 Å².